The maximum absolute atomic E-state index is 11.3. The summed E-state index contributed by atoms with van der Waals surface area (Å²) in [6.07, 6.45) is 4.14. The number of methoxy groups -OCH3 is 1. The molecule has 1 aliphatic heterocycles. The van der Waals surface area contributed by atoms with Crippen molar-refractivity contribution in [3.8, 4) is 0 Å². The largest absolute Gasteiger partial charge is 0.464 e. The van der Waals surface area contributed by atoms with Crippen LogP contribution >= 0.6 is 0 Å². The van der Waals surface area contributed by atoms with E-state index in [1.807, 2.05) is 0 Å². The van der Waals surface area contributed by atoms with Crippen molar-refractivity contribution in [3.05, 3.63) is 12.0 Å². The molecule has 2 heterocycles. The lowest BCUT2D eigenvalue weighted by Crippen LogP contribution is -2.24. The summed E-state index contributed by atoms with van der Waals surface area (Å²) in [4.78, 5) is 17.7. The molecule has 0 aliphatic carbocycles. The van der Waals surface area contributed by atoms with Crippen LogP contribution in [0.2, 0.25) is 0 Å². The normalized spacial score (nSPS) is 16.3. The number of hydrogen-bond acceptors (Lipinski definition) is 5. The van der Waals surface area contributed by atoms with E-state index in [2.05, 4.69) is 14.6 Å². The predicted octanol–water partition coefficient (Wildman–Crippen LogP) is 0.348. The summed E-state index contributed by atoms with van der Waals surface area (Å²) in [5.41, 5.74) is 6.05. The Morgan fingerprint density at radius 3 is 2.82 bits per heavy atom. The average Bonchev–Trinajstić information content (AvgIpc) is 2.95. The molecule has 6 nitrogen and oxygen atoms in total. The fraction of sp³-hybridized carbons (Fsp3) is 0.636. The number of carbonyl (C=O) groups excluding carboxylic acids is 1. The van der Waals surface area contributed by atoms with Crippen LogP contribution in [0.3, 0.4) is 0 Å². The van der Waals surface area contributed by atoms with Crippen molar-refractivity contribution < 1.29 is 9.53 Å². The van der Waals surface area contributed by atoms with Crippen molar-refractivity contribution in [1.29, 1.82) is 0 Å². The first-order valence-electron chi connectivity index (χ1n) is 5.83. The summed E-state index contributed by atoms with van der Waals surface area (Å²) in [5.74, 6) is -0.0986. The fourth-order valence-corrected chi connectivity index (χ4v) is 2.08. The van der Waals surface area contributed by atoms with Gasteiger partial charge in [0, 0.05) is 13.1 Å². The Hall–Kier alpha value is -1.56. The van der Waals surface area contributed by atoms with Crippen molar-refractivity contribution in [3.63, 3.8) is 0 Å². The number of nitrogens with two attached hydrogens (primary N) is 1. The number of ether oxygens (including phenoxy) is 1. The molecule has 0 radical (unpaired) electrons. The molecule has 17 heavy (non-hydrogen) atoms. The second kappa shape index (κ2) is 5.18. The summed E-state index contributed by atoms with van der Waals surface area (Å²) in [6, 6.07) is 0. The summed E-state index contributed by atoms with van der Waals surface area (Å²) < 4.78 is 6.40. The van der Waals surface area contributed by atoms with Crippen LogP contribution in [0.1, 0.15) is 23.3 Å². The van der Waals surface area contributed by atoms with Crippen LogP contribution < -0.4 is 5.73 Å². The average molecular weight is 238 g/mol. The highest BCUT2D eigenvalue weighted by Gasteiger charge is 2.17. The van der Waals surface area contributed by atoms with Crippen LogP contribution in [-0.4, -0.2) is 47.2 Å². The van der Waals surface area contributed by atoms with Crippen LogP contribution in [0.5, 0.6) is 0 Å². The van der Waals surface area contributed by atoms with Gasteiger partial charge in [-0.2, -0.15) is 0 Å². The Balaban J connectivity index is 1.96. The van der Waals surface area contributed by atoms with Gasteiger partial charge in [0.25, 0.3) is 0 Å². The number of nitrogens with zero attached hydrogens (tertiary/aromatic N) is 3. The van der Waals surface area contributed by atoms with Crippen molar-refractivity contribution in [2.45, 2.75) is 19.4 Å². The first-order valence-corrected chi connectivity index (χ1v) is 5.83. The minimum atomic E-state index is -0.484. The molecule has 2 N–H and O–H groups in total. The molecule has 0 atom stereocenters. The first kappa shape index (κ1) is 11.9. The van der Waals surface area contributed by atoms with E-state index in [4.69, 9.17) is 5.73 Å². The highest BCUT2D eigenvalue weighted by Crippen LogP contribution is 2.12. The highest BCUT2D eigenvalue weighted by molar-refractivity contribution is 5.91. The zero-order valence-corrected chi connectivity index (χ0v) is 10.1. The van der Waals surface area contributed by atoms with Gasteiger partial charge in [0.2, 0.25) is 0 Å². The molecule has 1 aliphatic rings. The number of carbonyl (C=O) groups is 1. The molecule has 1 fully saturated rings. The summed E-state index contributed by atoms with van der Waals surface area (Å²) >= 11 is 0. The SMILES string of the molecule is COC(=O)c1ncn(CCN2CCCC2)c1N. The molecule has 1 aromatic rings. The molecular formula is C11H18N4O2. The van der Waals surface area contributed by atoms with Crippen molar-refractivity contribution >= 4 is 11.8 Å². The fourth-order valence-electron chi connectivity index (χ4n) is 2.08. The number of rotatable bonds is 4. The molecule has 0 spiro atoms. The topological polar surface area (TPSA) is 73.4 Å². The summed E-state index contributed by atoms with van der Waals surface area (Å²) in [6.45, 7) is 4.01. The summed E-state index contributed by atoms with van der Waals surface area (Å²) in [5, 5.41) is 0. The number of nitrogen functional groups attached to an aromatic ring is 1. The van der Waals surface area contributed by atoms with E-state index in [0.29, 0.717) is 5.82 Å². The molecule has 2 rings (SSSR count). The maximum Gasteiger partial charge on any atom is 0.360 e. The Morgan fingerprint density at radius 2 is 2.18 bits per heavy atom. The lowest BCUT2D eigenvalue weighted by atomic mass is 10.4. The zero-order valence-electron chi connectivity index (χ0n) is 10.1. The highest BCUT2D eigenvalue weighted by atomic mass is 16.5. The number of likely N-dealkylation sites (tertiary alicyclic amines) is 1. The third kappa shape index (κ3) is 2.58. The molecule has 6 heteroatoms. The van der Waals surface area contributed by atoms with E-state index in [0.717, 1.165) is 26.2 Å². The van der Waals surface area contributed by atoms with Gasteiger partial charge in [-0.1, -0.05) is 0 Å². The smallest absolute Gasteiger partial charge is 0.360 e. The monoisotopic (exact) mass is 238 g/mol. The molecule has 0 aromatic carbocycles. The number of hydrogen-bond donors (Lipinski definition) is 1. The Labute approximate surface area is 100 Å². The second-order valence-electron chi connectivity index (χ2n) is 4.21. The van der Waals surface area contributed by atoms with Crippen molar-refractivity contribution in [2.75, 3.05) is 32.5 Å². The zero-order chi connectivity index (χ0) is 12.3. The molecule has 0 bridgehead atoms. The minimum absolute atomic E-state index is 0.203. The van der Waals surface area contributed by atoms with Crippen molar-refractivity contribution in [2.24, 2.45) is 0 Å². The van der Waals surface area contributed by atoms with Crippen LogP contribution in [0.25, 0.3) is 0 Å². The molecule has 1 aromatic heterocycles. The number of imidazole rings is 1. The molecular weight excluding hydrogens is 220 g/mol. The molecule has 0 saturated carbocycles. The second-order valence-corrected chi connectivity index (χ2v) is 4.21. The lowest BCUT2D eigenvalue weighted by molar-refractivity contribution is 0.0596. The van der Waals surface area contributed by atoms with E-state index in [1.54, 1.807) is 10.9 Å². The van der Waals surface area contributed by atoms with Gasteiger partial charge in [-0.15, -0.1) is 0 Å². The van der Waals surface area contributed by atoms with Crippen LogP contribution in [0.15, 0.2) is 6.33 Å². The molecule has 0 amide bonds. The van der Waals surface area contributed by atoms with Gasteiger partial charge in [-0.05, 0) is 25.9 Å². The molecule has 0 unspecified atom stereocenters. The standard InChI is InChI=1S/C11H18N4O2/c1-17-11(16)9-10(12)15(8-13-9)7-6-14-4-2-3-5-14/h8H,2-7,12H2,1H3. The Kier molecular flexibility index (Phi) is 3.63. The van der Waals surface area contributed by atoms with Gasteiger partial charge in [0.05, 0.1) is 13.4 Å². The van der Waals surface area contributed by atoms with Crippen LogP contribution in [0, 0.1) is 0 Å². The number of anilines is 1. The predicted molar refractivity (Wildman–Crippen MR) is 63.7 cm³/mol. The quantitative estimate of drug-likeness (QED) is 0.766. The number of esters is 1. The van der Waals surface area contributed by atoms with Crippen LogP contribution in [-0.2, 0) is 11.3 Å². The first-order chi connectivity index (χ1) is 8.22. The van der Waals surface area contributed by atoms with Gasteiger partial charge in [-0.25, -0.2) is 9.78 Å². The Morgan fingerprint density at radius 1 is 1.47 bits per heavy atom. The Bertz CT molecular complexity index is 396. The van der Waals surface area contributed by atoms with Gasteiger partial charge in [0.1, 0.15) is 5.82 Å². The third-order valence-corrected chi connectivity index (χ3v) is 3.11. The molecule has 1 saturated heterocycles. The van der Waals surface area contributed by atoms with Gasteiger partial charge >= 0.3 is 5.97 Å². The number of aromatic nitrogens is 2. The van der Waals surface area contributed by atoms with E-state index >= 15 is 0 Å². The summed E-state index contributed by atoms with van der Waals surface area (Å²) in [7, 11) is 1.32. The van der Waals surface area contributed by atoms with E-state index < -0.39 is 5.97 Å². The van der Waals surface area contributed by atoms with E-state index in [9.17, 15) is 4.79 Å². The molecule has 94 valence electrons. The van der Waals surface area contributed by atoms with E-state index in [1.165, 1.54) is 20.0 Å². The van der Waals surface area contributed by atoms with Gasteiger partial charge < -0.3 is 19.9 Å². The van der Waals surface area contributed by atoms with E-state index in [-0.39, 0.29) is 5.69 Å². The van der Waals surface area contributed by atoms with Crippen LogP contribution in [0.4, 0.5) is 5.82 Å². The maximum atomic E-state index is 11.3. The van der Waals surface area contributed by atoms with Crippen molar-refractivity contribution in [1.82, 2.24) is 14.5 Å². The van der Waals surface area contributed by atoms with Gasteiger partial charge in [0.15, 0.2) is 5.69 Å². The van der Waals surface area contributed by atoms with Gasteiger partial charge in [-0.3, -0.25) is 0 Å². The lowest BCUT2D eigenvalue weighted by Gasteiger charge is -2.15. The minimum Gasteiger partial charge on any atom is -0.464 e. The third-order valence-electron chi connectivity index (χ3n) is 3.11.